The van der Waals surface area contributed by atoms with Gasteiger partial charge in [0.05, 0.1) is 6.54 Å². The summed E-state index contributed by atoms with van der Waals surface area (Å²) < 4.78 is 5.94. The van der Waals surface area contributed by atoms with E-state index in [0.717, 1.165) is 37.2 Å². The quantitative estimate of drug-likeness (QED) is 0.836. The van der Waals surface area contributed by atoms with Crippen molar-refractivity contribution in [3.8, 4) is 0 Å². The minimum atomic E-state index is 0.735. The number of rotatable bonds is 7. The fourth-order valence-corrected chi connectivity index (χ4v) is 2.60. The van der Waals surface area contributed by atoms with Crippen LogP contribution in [-0.4, -0.2) is 12.6 Å². The maximum Gasteiger partial charge on any atom is 0.123 e. The lowest BCUT2D eigenvalue weighted by atomic mass is 10.2. The van der Waals surface area contributed by atoms with E-state index in [2.05, 4.69) is 60.5 Å². The molecule has 0 radical (unpaired) electrons. The fourth-order valence-electron chi connectivity index (χ4n) is 2.60. The van der Waals surface area contributed by atoms with Crippen LogP contribution in [0.3, 0.4) is 0 Å². The van der Waals surface area contributed by atoms with Gasteiger partial charge in [-0.05, 0) is 44.9 Å². The average molecular weight is 284 g/mol. The molecule has 0 amide bonds. The SMILES string of the molecule is CCN(Cc1cc(CNC2CC2)c(C)o1)c1ccccc1. The van der Waals surface area contributed by atoms with Crippen LogP contribution in [0.25, 0.3) is 0 Å². The maximum atomic E-state index is 5.94. The van der Waals surface area contributed by atoms with E-state index in [-0.39, 0.29) is 0 Å². The first-order chi connectivity index (χ1) is 10.3. The third kappa shape index (κ3) is 3.67. The molecule has 3 rings (SSSR count). The Hall–Kier alpha value is -1.74. The highest BCUT2D eigenvalue weighted by Gasteiger charge is 2.21. The van der Waals surface area contributed by atoms with E-state index in [1.54, 1.807) is 0 Å². The van der Waals surface area contributed by atoms with Crippen molar-refractivity contribution in [3.63, 3.8) is 0 Å². The summed E-state index contributed by atoms with van der Waals surface area (Å²) >= 11 is 0. The highest BCUT2D eigenvalue weighted by atomic mass is 16.3. The second kappa shape index (κ2) is 6.35. The minimum absolute atomic E-state index is 0.735. The zero-order chi connectivity index (χ0) is 14.7. The minimum Gasteiger partial charge on any atom is -0.464 e. The van der Waals surface area contributed by atoms with Crippen molar-refractivity contribution in [2.45, 2.75) is 45.8 Å². The summed E-state index contributed by atoms with van der Waals surface area (Å²) in [6.07, 6.45) is 2.64. The molecule has 0 saturated heterocycles. The molecule has 0 unspecified atom stereocenters. The third-order valence-corrected chi connectivity index (χ3v) is 4.08. The Labute approximate surface area is 127 Å². The van der Waals surface area contributed by atoms with Crippen molar-refractivity contribution in [2.75, 3.05) is 11.4 Å². The van der Waals surface area contributed by atoms with Gasteiger partial charge >= 0.3 is 0 Å². The number of anilines is 1. The van der Waals surface area contributed by atoms with Gasteiger partial charge in [0.1, 0.15) is 11.5 Å². The largest absolute Gasteiger partial charge is 0.464 e. The van der Waals surface area contributed by atoms with Gasteiger partial charge in [0.2, 0.25) is 0 Å². The molecule has 0 atom stereocenters. The number of hydrogen-bond donors (Lipinski definition) is 1. The molecule has 21 heavy (non-hydrogen) atoms. The Morgan fingerprint density at radius 3 is 2.67 bits per heavy atom. The first-order valence-electron chi connectivity index (χ1n) is 7.88. The molecule has 0 spiro atoms. The lowest BCUT2D eigenvalue weighted by Crippen LogP contribution is -2.21. The van der Waals surface area contributed by atoms with Gasteiger partial charge in [-0.1, -0.05) is 18.2 Å². The van der Waals surface area contributed by atoms with Crippen LogP contribution in [0, 0.1) is 6.92 Å². The van der Waals surface area contributed by atoms with Crippen molar-refractivity contribution in [2.24, 2.45) is 0 Å². The summed E-state index contributed by atoms with van der Waals surface area (Å²) in [5.41, 5.74) is 2.53. The standard InChI is InChI=1S/C18H24N2O/c1-3-20(17-7-5-4-6-8-17)13-18-11-15(14(2)21-18)12-19-16-9-10-16/h4-8,11,16,19H,3,9-10,12-13H2,1-2H3. The van der Waals surface area contributed by atoms with Gasteiger partial charge in [-0.25, -0.2) is 0 Å². The molecule has 0 bridgehead atoms. The lowest BCUT2D eigenvalue weighted by molar-refractivity contribution is 0.474. The monoisotopic (exact) mass is 284 g/mol. The van der Waals surface area contributed by atoms with Gasteiger partial charge in [-0.3, -0.25) is 0 Å². The Bertz CT molecular complexity index is 572. The van der Waals surface area contributed by atoms with Crippen molar-refractivity contribution in [1.82, 2.24) is 5.32 Å². The van der Waals surface area contributed by atoms with Gasteiger partial charge in [-0.15, -0.1) is 0 Å². The predicted octanol–water partition coefficient (Wildman–Crippen LogP) is 3.87. The zero-order valence-electron chi connectivity index (χ0n) is 12.9. The molecular weight excluding hydrogens is 260 g/mol. The smallest absolute Gasteiger partial charge is 0.123 e. The van der Waals surface area contributed by atoms with Crippen LogP contribution in [0.4, 0.5) is 5.69 Å². The van der Waals surface area contributed by atoms with E-state index in [1.807, 2.05) is 0 Å². The first-order valence-corrected chi connectivity index (χ1v) is 7.88. The second-order valence-corrected chi connectivity index (χ2v) is 5.80. The van der Waals surface area contributed by atoms with Crippen LogP contribution in [-0.2, 0) is 13.1 Å². The molecule has 0 aliphatic heterocycles. The summed E-state index contributed by atoms with van der Waals surface area (Å²) in [7, 11) is 0. The molecule has 3 nitrogen and oxygen atoms in total. The summed E-state index contributed by atoms with van der Waals surface area (Å²) in [5.74, 6) is 2.09. The number of benzene rings is 1. The third-order valence-electron chi connectivity index (χ3n) is 4.08. The van der Waals surface area contributed by atoms with E-state index in [1.165, 1.54) is 24.1 Å². The van der Waals surface area contributed by atoms with Gasteiger partial charge < -0.3 is 14.6 Å². The van der Waals surface area contributed by atoms with Crippen LogP contribution < -0.4 is 10.2 Å². The Kier molecular flexibility index (Phi) is 4.30. The number of hydrogen-bond acceptors (Lipinski definition) is 3. The number of furan rings is 1. The summed E-state index contributed by atoms with van der Waals surface area (Å²) in [6.45, 7) is 6.96. The number of nitrogens with zero attached hydrogens (tertiary/aromatic N) is 1. The first kappa shape index (κ1) is 14.2. The molecule has 1 aliphatic carbocycles. The Balaban J connectivity index is 1.66. The Morgan fingerprint density at radius 1 is 1.24 bits per heavy atom. The van der Waals surface area contributed by atoms with E-state index >= 15 is 0 Å². The van der Waals surface area contributed by atoms with Crippen LogP contribution in [0.5, 0.6) is 0 Å². The van der Waals surface area contributed by atoms with Crippen LogP contribution in [0.1, 0.15) is 36.8 Å². The molecule has 112 valence electrons. The van der Waals surface area contributed by atoms with Gasteiger partial charge in [0.25, 0.3) is 0 Å². The molecule has 1 saturated carbocycles. The summed E-state index contributed by atoms with van der Waals surface area (Å²) in [5, 5.41) is 3.55. The summed E-state index contributed by atoms with van der Waals surface area (Å²) in [6, 6.07) is 13.4. The molecule has 1 aromatic heterocycles. The Morgan fingerprint density at radius 2 is 2.00 bits per heavy atom. The van der Waals surface area contributed by atoms with E-state index < -0.39 is 0 Å². The normalized spacial score (nSPS) is 14.4. The highest BCUT2D eigenvalue weighted by Crippen LogP contribution is 2.23. The van der Waals surface area contributed by atoms with Crippen LogP contribution in [0.2, 0.25) is 0 Å². The predicted molar refractivity (Wildman–Crippen MR) is 86.5 cm³/mol. The molecule has 1 fully saturated rings. The molecule has 1 aromatic carbocycles. The molecular formula is C18H24N2O. The number of para-hydroxylation sites is 1. The van der Waals surface area contributed by atoms with E-state index in [0.29, 0.717) is 0 Å². The van der Waals surface area contributed by atoms with Gasteiger partial charge in [0, 0.05) is 30.4 Å². The molecule has 1 aliphatic rings. The lowest BCUT2D eigenvalue weighted by Gasteiger charge is -2.21. The van der Waals surface area contributed by atoms with Crippen molar-refractivity contribution >= 4 is 5.69 Å². The van der Waals surface area contributed by atoms with Crippen molar-refractivity contribution in [1.29, 1.82) is 0 Å². The highest BCUT2D eigenvalue weighted by molar-refractivity contribution is 5.46. The van der Waals surface area contributed by atoms with Gasteiger partial charge in [0.15, 0.2) is 0 Å². The van der Waals surface area contributed by atoms with Crippen LogP contribution in [0.15, 0.2) is 40.8 Å². The molecule has 1 heterocycles. The van der Waals surface area contributed by atoms with Crippen molar-refractivity contribution < 1.29 is 4.42 Å². The number of aryl methyl sites for hydroxylation is 1. The average Bonchev–Trinajstić information content (AvgIpc) is 3.27. The molecule has 3 heteroatoms. The second-order valence-electron chi connectivity index (χ2n) is 5.80. The summed E-state index contributed by atoms with van der Waals surface area (Å²) in [4.78, 5) is 2.33. The topological polar surface area (TPSA) is 28.4 Å². The fraction of sp³-hybridized carbons (Fsp3) is 0.444. The van der Waals surface area contributed by atoms with Crippen molar-refractivity contribution in [3.05, 3.63) is 53.5 Å². The molecule has 1 N–H and O–H groups in total. The van der Waals surface area contributed by atoms with E-state index in [4.69, 9.17) is 4.42 Å². The van der Waals surface area contributed by atoms with Crippen LogP contribution >= 0.6 is 0 Å². The maximum absolute atomic E-state index is 5.94. The molecule has 2 aromatic rings. The van der Waals surface area contributed by atoms with Gasteiger partial charge in [-0.2, -0.15) is 0 Å². The van der Waals surface area contributed by atoms with E-state index in [9.17, 15) is 0 Å². The number of nitrogens with one attached hydrogen (secondary N) is 1. The zero-order valence-corrected chi connectivity index (χ0v) is 12.9.